The fourth-order valence-corrected chi connectivity index (χ4v) is 1.44. The Bertz CT molecular complexity index is 547. The average molecular weight is 273 g/mol. The molecule has 0 spiro atoms. The predicted octanol–water partition coefficient (Wildman–Crippen LogP) is 2.08. The third-order valence-corrected chi connectivity index (χ3v) is 2.15. The number of para-hydroxylation sites is 2. The Hall–Kier alpha value is -2.09. The van der Waals surface area contributed by atoms with Gasteiger partial charge in [-0.25, -0.2) is 4.98 Å². The standard InChI is InChI=1S/C11H10F3N3O2/c12-11(13,14)6-19-5-9(18)17-10-15-7-3-1-2-4-8(7)16-10/h1-4H,5-6H2,(H2,15,16,17,18). The summed E-state index contributed by atoms with van der Waals surface area (Å²) in [7, 11) is 0. The minimum Gasteiger partial charge on any atom is -0.362 e. The number of halogens is 3. The number of H-pyrrole nitrogens is 1. The Morgan fingerprint density at radius 1 is 1.37 bits per heavy atom. The highest BCUT2D eigenvalue weighted by molar-refractivity contribution is 5.91. The van der Waals surface area contributed by atoms with E-state index < -0.39 is 25.3 Å². The molecule has 8 heteroatoms. The van der Waals surface area contributed by atoms with Crippen molar-refractivity contribution in [2.45, 2.75) is 6.18 Å². The molecule has 0 bridgehead atoms. The van der Waals surface area contributed by atoms with Crippen molar-refractivity contribution in [2.75, 3.05) is 18.5 Å². The van der Waals surface area contributed by atoms with E-state index in [-0.39, 0.29) is 5.95 Å². The molecule has 102 valence electrons. The van der Waals surface area contributed by atoms with Crippen molar-refractivity contribution in [2.24, 2.45) is 0 Å². The van der Waals surface area contributed by atoms with E-state index in [0.29, 0.717) is 11.0 Å². The summed E-state index contributed by atoms with van der Waals surface area (Å²) >= 11 is 0. The number of aromatic nitrogens is 2. The second-order valence-corrected chi connectivity index (χ2v) is 3.76. The van der Waals surface area contributed by atoms with Gasteiger partial charge in [0, 0.05) is 0 Å². The minimum absolute atomic E-state index is 0.168. The lowest BCUT2D eigenvalue weighted by Crippen LogP contribution is -2.24. The van der Waals surface area contributed by atoms with Crippen LogP contribution in [0.1, 0.15) is 0 Å². The fourth-order valence-electron chi connectivity index (χ4n) is 1.44. The number of imidazole rings is 1. The molecule has 19 heavy (non-hydrogen) atoms. The number of carbonyl (C=O) groups is 1. The average Bonchev–Trinajstić information content (AvgIpc) is 2.68. The van der Waals surface area contributed by atoms with Crippen molar-refractivity contribution in [3.8, 4) is 0 Å². The van der Waals surface area contributed by atoms with E-state index in [9.17, 15) is 18.0 Å². The topological polar surface area (TPSA) is 67.0 Å². The first-order chi connectivity index (χ1) is 8.94. The summed E-state index contributed by atoms with van der Waals surface area (Å²) in [5.74, 6) is -0.537. The second-order valence-electron chi connectivity index (χ2n) is 3.76. The molecule has 0 radical (unpaired) electrons. The molecule has 2 rings (SSSR count). The van der Waals surface area contributed by atoms with Crippen LogP contribution in [0.5, 0.6) is 0 Å². The summed E-state index contributed by atoms with van der Waals surface area (Å²) in [6.07, 6.45) is -4.44. The maximum Gasteiger partial charge on any atom is 0.411 e. The highest BCUT2D eigenvalue weighted by Gasteiger charge is 2.27. The van der Waals surface area contributed by atoms with Gasteiger partial charge in [0.25, 0.3) is 5.91 Å². The number of alkyl halides is 3. The third-order valence-electron chi connectivity index (χ3n) is 2.15. The van der Waals surface area contributed by atoms with Crippen LogP contribution in [-0.4, -0.2) is 35.3 Å². The molecule has 1 heterocycles. The van der Waals surface area contributed by atoms with E-state index in [4.69, 9.17) is 0 Å². The normalized spacial score (nSPS) is 11.7. The number of fused-ring (bicyclic) bond motifs is 1. The summed E-state index contributed by atoms with van der Waals surface area (Å²) < 4.78 is 39.6. The van der Waals surface area contributed by atoms with Gasteiger partial charge in [-0.05, 0) is 12.1 Å². The lowest BCUT2D eigenvalue weighted by atomic mass is 10.3. The number of ether oxygens (including phenoxy) is 1. The molecule has 0 aliphatic rings. The Morgan fingerprint density at radius 2 is 2.11 bits per heavy atom. The van der Waals surface area contributed by atoms with E-state index in [1.165, 1.54) is 0 Å². The zero-order chi connectivity index (χ0) is 13.9. The molecule has 1 aromatic heterocycles. The number of hydrogen-bond acceptors (Lipinski definition) is 3. The number of carbonyl (C=O) groups excluding carboxylic acids is 1. The van der Waals surface area contributed by atoms with Gasteiger partial charge in [0.15, 0.2) is 0 Å². The second kappa shape index (κ2) is 5.27. The van der Waals surface area contributed by atoms with Crippen LogP contribution in [0, 0.1) is 0 Å². The van der Waals surface area contributed by atoms with Gasteiger partial charge in [-0.15, -0.1) is 0 Å². The molecule has 0 saturated carbocycles. The number of rotatable bonds is 4. The van der Waals surface area contributed by atoms with Crippen molar-refractivity contribution in [3.05, 3.63) is 24.3 Å². The summed E-state index contributed by atoms with van der Waals surface area (Å²) in [6, 6.07) is 7.07. The molecule has 0 unspecified atom stereocenters. The molecule has 2 aromatic rings. The number of benzene rings is 1. The quantitative estimate of drug-likeness (QED) is 0.896. The van der Waals surface area contributed by atoms with Crippen LogP contribution >= 0.6 is 0 Å². The number of hydrogen-bond donors (Lipinski definition) is 2. The molecule has 0 atom stereocenters. The molecule has 2 N–H and O–H groups in total. The summed E-state index contributed by atoms with van der Waals surface area (Å²) in [6.45, 7) is -2.14. The van der Waals surface area contributed by atoms with E-state index in [2.05, 4.69) is 20.0 Å². The van der Waals surface area contributed by atoms with Crippen molar-refractivity contribution in [1.29, 1.82) is 0 Å². The number of anilines is 1. The highest BCUT2D eigenvalue weighted by Crippen LogP contribution is 2.15. The maximum absolute atomic E-state index is 11.8. The van der Waals surface area contributed by atoms with Gasteiger partial charge in [-0.1, -0.05) is 12.1 Å². The lowest BCUT2D eigenvalue weighted by Gasteiger charge is -2.06. The van der Waals surface area contributed by atoms with Crippen molar-refractivity contribution >= 4 is 22.9 Å². The first kappa shape index (κ1) is 13.3. The third kappa shape index (κ3) is 3.95. The van der Waals surface area contributed by atoms with Gasteiger partial charge in [-0.2, -0.15) is 13.2 Å². The summed E-state index contributed by atoms with van der Waals surface area (Å²) in [5, 5.41) is 2.32. The minimum atomic E-state index is -4.44. The number of aromatic amines is 1. The van der Waals surface area contributed by atoms with Gasteiger partial charge in [-0.3, -0.25) is 10.1 Å². The molecule has 0 aliphatic heterocycles. The van der Waals surface area contributed by atoms with Crippen molar-refractivity contribution in [1.82, 2.24) is 9.97 Å². The largest absolute Gasteiger partial charge is 0.411 e. The van der Waals surface area contributed by atoms with Crippen LogP contribution in [0.2, 0.25) is 0 Å². The number of amides is 1. The fraction of sp³-hybridized carbons (Fsp3) is 0.273. The van der Waals surface area contributed by atoms with E-state index in [0.717, 1.165) is 0 Å². The van der Waals surface area contributed by atoms with Crippen molar-refractivity contribution < 1.29 is 22.7 Å². The Balaban J connectivity index is 1.88. The molecule has 1 amide bonds. The Kier molecular flexibility index (Phi) is 3.70. The summed E-state index contributed by atoms with van der Waals surface area (Å²) in [4.78, 5) is 18.2. The van der Waals surface area contributed by atoms with Crippen LogP contribution in [0.4, 0.5) is 19.1 Å². The zero-order valence-corrected chi connectivity index (χ0v) is 9.62. The van der Waals surface area contributed by atoms with Gasteiger partial charge >= 0.3 is 6.18 Å². The maximum atomic E-state index is 11.8. The van der Waals surface area contributed by atoms with E-state index >= 15 is 0 Å². The van der Waals surface area contributed by atoms with Crippen molar-refractivity contribution in [3.63, 3.8) is 0 Å². The predicted molar refractivity (Wildman–Crippen MR) is 61.6 cm³/mol. The number of nitrogens with one attached hydrogen (secondary N) is 2. The molecule has 0 saturated heterocycles. The van der Waals surface area contributed by atoms with Crippen LogP contribution in [0.25, 0.3) is 11.0 Å². The highest BCUT2D eigenvalue weighted by atomic mass is 19.4. The Morgan fingerprint density at radius 3 is 2.79 bits per heavy atom. The van der Waals surface area contributed by atoms with Crippen LogP contribution in [0.15, 0.2) is 24.3 Å². The molecule has 5 nitrogen and oxygen atoms in total. The Labute approximate surface area is 105 Å². The smallest absolute Gasteiger partial charge is 0.362 e. The van der Waals surface area contributed by atoms with Gasteiger partial charge in [0.05, 0.1) is 11.0 Å². The molecular weight excluding hydrogens is 263 g/mol. The summed E-state index contributed by atoms with van der Waals surface area (Å²) in [5.41, 5.74) is 1.36. The van der Waals surface area contributed by atoms with Crippen LogP contribution in [-0.2, 0) is 9.53 Å². The molecule has 1 aromatic carbocycles. The first-order valence-electron chi connectivity index (χ1n) is 5.33. The molecule has 0 fully saturated rings. The SMILES string of the molecule is O=C(COCC(F)(F)F)Nc1nc2ccccc2[nH]1. The van der Waals surface area contributed by atoms with Crippen LogP contribution in [0.3, 0.4) is 0 Å². The van der Waals surface area contributed by atoms with E-state index in [1.54, 1.807) is 24.3 Å². The molecular formula is C11H10F3N3O2. The van der Waals surface area contributed by atoms with E-state index in [1.807, 2.05) is 0 Å². The van der Waals surface area contributed by atoms with Crippen LogP contribution < -0.4 is 5.32 Å². The zero-order valence-electron chi connectivity index (χ0n) is 9.62. The number of nitrogens with zero attached hydrogens (tertiary/aromatic N) is 1. The lowest BCUT2D eigenvalue weighted by molar-refractivity contribution is -0.174. The van der Waals surface area contributed by atoms with Gasteiger partial charge in [0.1, 0.15) is 13.2 Å². The van der Waals surface area contributed by atoms with Gasteiger partial charge in [0.2, 0.25) is 5.95 Å². The first-order valence-corrected chi connectivity index (χ1v) is 5.33. The molecule has 0 aliphatic carbocycles. The monoisotopic (exact) mass is 273 g/mol. The van der Waals surface area contributed by atoms with Gasteiger partial charge < -0.3 is 9.72 Å².